The molecule has 0 saturated carbocycles. The van der Waals surface area contributed by atoms with Crippen LogP contribution in [0.2, 0.25) is 0 Å². The van der Waals surface area contributed by atoms with Gasteiger partial charge in [-0.05, 0) is 25.7 Å². The van der Waals surface area contributed by atoms with Gasteiger partial charge in [0.1, 0.15) is 0 Å². The van der Waals surface area contributed by atoms with E-state index in [1.165, 1.54) is 24.1 Å². The van der Waals surface area contributed by atoms with E-state index < -0.39 is 6.10 Å². The summed E-state index contributed by atoms with van der Waals surface area (Å²) in [6.45, 7) is 1.10. The van der Waals surface area contributed by atoms with E-state index in [9.17, 15) is 9.59 Å². The zero-order valence-corrected chi connectivity index (χ0v) is 14.1. The number of ether oxygens (including phenoxy) is 1. The molecule has 0 bridgehead atoms. The van der Waals surface area contributed by atoms with Gasteiger partial charge in [-0.2, -0.15) is 0 Å². The number of likely N-dealkylation sites (N-methyl/N-ethyl adjacent to an activating group) is 1. The van der Waals surface area contributed by atoms with Gasteiger partial charge in [0, 0.05) is 18.5 Å². The minimum atomic E-state index is -0.604. The SMILES string of the molecule is CNC(=O)C1CN(C(=O)Nc2nc3c(s2)CCCCC3)CCO1. The van der Waals surface area contributed by atoms with Crippen LogP contribution >= 0.6 is 11.3 Å². The number of urea groups is 1. The monoisotopic (exact) mass is 338 g/mol. The number of nitrogens with one attached hydrogen (secondary N) is 2. The van der Waals surface area contributed by atoms with E-state index in [1.807, 2.05) is 0 Å². The quantitative estimate of drug-likeness (QED) is 0.798. The van der Waals surface area contributed by atoms with Gasteiger partial charge < -0.3 is 15.0 Å². The molecule has 2 N–H and O–H groups in total. The highest BCUT2D eigenvalue weighted by Gasteiger charge is 2.29. The van der Waals surface area contributed by atoms with E-state index >= 15 is 0 Å². The van der Waals surface area contributed by atoms with E-state index in [2.05, 4.69) is 15.6 Å². The predicted molar refractivity (Wildman–Crippen MR) is 87.8 cm³/mol. The molecule has 8 heteroatoms. The van der Waals surface area contributed by atoms with Gasteiger partial charge in [0.25, 0.3) is 5.91 Å². The number of carbonyl (C=O) groups excluding carboxylic acids is 2. The van der Waals surface area contributed by atoms with Crippen LogP contribution in [0.4, 0.5) is 9.93 Å². The van der Waals surface area contributed by atoms with Crippen molar-refractivity contribution in [2.75, 3.05) is 32.1 Å². The van der Waals surface area contributed by atoms with E-state index in [-0.39, 0.29) is 18.5 Å². The number of rotatable bonds is 2. The van der Waals surface area contributed by atoms with Crippen LogP contribution in [0.25, 0.3) is 0 Å². The van der Waals surface area contributed by atoms with E-state index in [1.54, 1.807) is 23.3 Å². The lowest BCUT2D eigenvalue weighted by Crippen LogP contribution is -2.52. The number of amides is 3. The first-order valence-corrected chi connectivity index (χ1v) is 8.86. The molecule has 23 heavy (non-hydrogen) atoms. The summed E-state index contributed by atoms with van der Waals surface area (Å²) in [4.78, 5) is 31.5. The van der Waals surface area contributed by atoms with Crippen molar-refractivity contribution in [2.24, 2.45) is 0 Å². The summed E-state index contributed by atoms with van der Waals surface area (Å²) in [5.74, 6) is -0.205. The zero-order valence-electron chi connectivity index (χ0n) is 13.3. The zero-order chi connectivity index (χ0) is 16.2. The number of aryl methyl sites for hydroxylation is 2. The van der Waals surface area contributed by atoms with Crippen LogP contribution < -0.4 is 10.6 Å². The molecule has 2 aliphatic rings. The summed E-state index contributed by atoms with van der Waals surface area (Å²) in [6, 6.07) is -0.217. The third-order valence-electron chi connectivity index (χ3n) is 4.20. The molecular formula is C15H22N4O3S. The Bertz CT molecular complexity index is 566. The smallest absolute Gasteiger partial charge is 0.323 e. The number of nitrogens with zero attached hydrogens (tertiary/aromatic N) is 2. The van der Waals surface area contributed by atoms with Crippen LogP contribution in [0.3, 0.4) is 0 Å². The van der Waals surface area contributed by atoms with E-state index in [0.29, 0.717) is 18.3 Å². The number of fused-ring (bicyclic) bond motifs is 1. The summed E-state index contributed by atoms with van der Waals surface area (Å²) in [6.07, 6.45) is 5.06. The van der Waals surface area contributed by atoms with Gasteiger partial charge in [0.05, 0.1) is 18.8 Å². The maximum absolute atomic E-state index is 12.4. The van der Waals surface area contributed by atoms with Gasteiger partial charge in [-0.15, -0.1) is 11.3 Å². The topological polar surface area (TPSA) is 83.6 Å². The van der Waals surface area contributed by atoms with Crippen molar-refractivity contribution in [1.82, 2.24) is 15.2 Å². The fraction of sp³-hybridized carbons (Fsp3) is 0.667. The molecule has 1 aliphatic carbocycles. The third-order valence-corrected chi connectivity index (χ3v) is 5.27. The average Bonchev–Trinajstić information content (AvgIpc) is 2.82. The molecule has 3 amide bonds. The molecule has 1 saturated heterocycles. The second kappa shape index (κ2) is 7.27. The lowest BCUT2D eigenvalue weighted by molar-refractivity contribution is -0.136. The standard InChI is InChI=1S/C15H22N4O3S/c1-16-13(20)11-9-19(7-8-22-11)15(21)18-14-17-10-5-3-2-4-6-12(10)23-14/h11H,2-9H2,1H3,(H,16,20)(H,17,18,21). The lowest BCUT2D eigenvalue weighted by Gasteiger charge is -2.31. The highest BCUT2D eigenvalue weighted by molar-refractivity contribution is 7.15. The van der Waals surface area contributed by atoms with E-state index in [4.69, 9.17) is 4.74 Å². The normalized spacial score (nSPS) is 21.3. The first-order valence-electron chi connectivity index (χ1n) is 8.05. The number of carbonyl (C=O) groups is 2. The summed E-state index contributed by atoms with van der Waals surface area (Å²) >= 11 is 1.57. The van der Waals surface area contributed by atoms with Crippen molar-refractivity contribution in [2.45, 2.75) is 38.2 Å². The van der Waals surface area contributed by atoms with Gasteiger partial charge >= 0.3 is 6.03 Å². The molecular weight excluding hydrogens is 316 g/mol. The van der Waals surface area contributed by atoms with Gasteiger partial charge in [0.2, 0.25) is 0 Å². The third kappa shape index (κ3) is 3.81. The molecule has 1 unspecified atom stereocenters. The van der Waals surface area contributed by atoms with Gasteiger partial charge in [-0.25, -0.2) is 9.78 Å². The van der Waals surface area contributed by atoms with E-state index in [0.717, 1.165) is 18.5 Å². The maximum Gasteiger partial charge on any atom is 0.323 e. The molecule has 0 radical (unpaired) electrons. The highest BCUT2D eigenvalue weighted by atomic mass is 32.1. The van der Waals surface area contributed by atoms with Crippen LogP contribution in [0.15, 0.2) is 0 Å². The Morgan fingerprint density at radius 1 is 1.30 bits per heavy atom. The van der Waals surface area contributed by atoms with Crippen LogP contribution in [0.5, 0.6) is 0 Å². The molecule has 2 heterocycles. The minimum absolute atomic E-state index is 0.205. The predicted octanol–water partition coefficient (Wildman–Crippen LogP) is 1.39. The second-order valence-electron chi connectivity index (χ2n) is 5.80. The fourth-order valence-corrected chi connectivity index (χ4v) is 3.95. The molecule has 1 atom stereocenters. The molecule has 0 spiro atoms. The summed E-state index contributed by atoms with van der Waals surface area (Å²) in [7, 11) is 1.56. The van der Waals surface area contributed by atoms with Crippen molar-refractivity contribution in [3.05, 3.63) is 10.6 Å². The van der Waals surface area contributed by atoms with Crippen molar-refractivity contribution in [3.8, 4) is 0 Å². The van der Waals surface area contributed by atoms with Gasteiger partial charge in [-0.3, -0.25) is 10.1 Å². The van der Waals surface area contributed by atoms with Crippen molar-refractivity contribution in [1.29, 1.82) is 0 Å². The van der Waals surface area contributed by atoms with Crippen molar-refractivity contribution < 1.29 is 14.3 Å². The number of hydrogen-bond acceptors (Lipinski definition) is 5. The molecule has 1 aliphatic heterocycles. The molecule has 0 aromatic carbocycles. The van der Waals surface area contributed by atoms with Crippen LogP contribution in [-0.4, -0.2) is 54.7 Å². The first kappa shape index (κ1) is 16.2. The van der Waals surface area contributed by atoms with Gasteiger partial charge in [0.15, 0.2) is 11.2 Å². The lowest BCUT2D eigenvalue weighted by atomic mass is 10.2. The molecule has 126 valence electrons. The Morgan fingerprint density at radius 2 is 2.13 bits per heavy atom. The Hall–Kier alpha value is -1.67. The molecule has 3 rings (SSSR count). The fourth-order valence-electron chi connectivity index (χ4n) is 2.91. The largest absolute Gasteiger partial charge is 0.365 e. The van der Waals surface area contributed by atoms with Crippen LogP contribution in [0.1, 0.15) is 29.8 Å². The van der Waals surface area contributed by atoms with Crippen LogP contribution in [-0.2, 0) is 22.4 Å². The first-order chi connectivity index (χ1) is 11.2. The van der Waals surface area contributed by atoms with Crippen molar-refractivity contribution in [3.63, 3.8) is 0 Å². The maximum atomic E-state index is 12.4. The summed E-state index contributed by atoms with van der Waals surface area (Å²) in [5, 5.41) is 6.08. The number of aromatic nitrogens is 1. The Balaban J connectivity index is 1.61. The van der Waals surface area contributed by atoms with Gasteiger partial charge in [-0.1, -0.05) is 6.42 Å². The Morgan fingerprint density at radius 3 is 2.96 bits per heavy atom. The minimum Gasteiger partial charge on any atom is -0.365 e. The van der Waals surface area contributed by atoms with Crippen LogP contribution in [0, 0.1) is 0 Å². The molecule has 1 aromatic rings. The number of thiazole rings is 1. The Labute approximate surface area is 139 Å². The number of anilines is 1. The number of hydrogen-bond donors (Lipinski definition) is 2. The summed E-state index contributed by atoms with van der Waals surface area (Å²) in [5.41, 5.74) is 1.13. The molecule has 7 nitrogen and oxygen atoms in total. The highest BCUT2D eigenvalue weighted by Crippen LogP contribution is 2.29. The second-order valence-corrected chi connectivity index (χ2v) is 6.88. The molecule has 1 fully saturated rings. The summed E-state index contributed by atoms with van der Waals surface area (Å²) < 4.78 is 5.39. The molecule has 1 aromatic heterocycles. The average molecular weight is 338 g/mol. The van der Waals surface area contributed by atoms with Crippen molar-refractivity contribution >= 4 is 28.4 Å². The Kier molecular flexibility index (Phi) is 5.12. The number of morpholine rings is 1.